The topological polar surface area (TPSA) is 46.2 Å². The van der Waals surface area contributed by atoms with E-state index in [1.807, 2.05) is 13.8 Å². The van der Waals surface area contributed by atoms with Gasteiger partial charge in [-0.1, -0.05) is 31.0 Å². The van der Waals surface area contributed by atoms with Crippen LogP contribution in [0.3, 0.4) is 0 Å². The molecular formula is C12H19ClFNO. The standard InChI is InChI=1S/C12H18FNO.ClH/c1-3-4-11(15)12(14)9-7-8(2)5-6-10(9)13;/h5-7,11-12,15H,3-4,14H2,1-2H3;1H/t11-,12+;/m0./s1. The monoisotopic (exact) mass is 247 g/mol. The van der Waals surface area contributed by atoms with Gasteiger partial charge < -0.3 is 10.8 Å². The molecule has 3 N–H and O–H groups in total. The van der Waals surface area contributed by atoms with Crippen LogP contribution in [0.2, 0.25) is 0 Å². The number of hydrogen-bond acceptors (Lipinski definition) is 2. The minimum atomic E-state index is -0.675. The van der Waals surface area contributed by atoms with Crippen molar-refractivity contribution in [1.82, 2.24) is 0 Å². The average Bonchev–Trinajstić information content (AvgIpc) is 2.21. The number of halogens is 2. The van der Waals surface area contributed by atoms with Crippen LogP contribution in [0, 0.1) is 12.7 Å². The maximum atomic E-state index is 13.4. The molecule has 2 nitrogen and oxygen atoms in total. The van der Waals surface area contributed by atoms with Crippen molar-refractivity contribution in [1.29, 1.82) is 0 Å². The minimum absolute atomic E-state index is 0. The van der Waals surface area contributed by atoms with Crippen molar-refractivity contribution in [3.8, 4) is 0 Å². The van der Waals surface area contributed by atoms with Gasteiger partial charge in [0.1, 0.15) is 5.82 Å². The molecule has 0 unspecified atom stereocenters. The first-order valence-electron chi connectivity index (χ1n) is 5.26. The number of aliphatic hydroxyl groups is 1. The molecule has 2 atom stereocenters. The normalized spacial score (nSPS) is 14.1. The summed E-state index contributed by atoms with van der Waals surface area (Å²) in [6, 6.07) is 4.14. The number of hydrogen-bond donors (Lipinski definition) is 2. The summed E-state index contributed by atoms with van der Waals surface area (Å²) in [4.78, 5) is 0. The summed E-state index contributed by atoms with van der Waals surface area (Å²) in [5.74, 6) is -0.344. The molecular weight excluding hydrogens is 229 g/mol. The van der Waals surface area contributed by atoms with Gasteiger partial charge in [0.2, 0.25) is 0 Å². The lowest BCUT2D eigenvalue weighted by molar-refractivity contribution is 0.133. The molecule has 4 heteroatoms. The van der Waals surface area contributed by atoms with E-state index in [0.717, 1.165) is 12.0 Å². The predicted octanol–water partition coefficient (Wildman–Crippen LogP) is 2.72. The average molecular weight is 248 g/mol. The van der Waals surface area contributed by atoms with E-state index in [-0.39, 0.29) is 18.2 Å². The number of aryl methyl sites for hydroxylation is 1. The Hall–Kier alpha value is -0.640. The Morgan fingerprint density at radius 1 is 1.44 bits per heavy atom. The molecule has 0 fully saturated rings. The number of rotatable bonds is 4. The highest BCUT2D eigenvalue weighted by Gasteiger charge is 2.19. The molecule has 0 bridgehead atoms. The van der Waals surface area contributed by atoms with Crippen molar-refractivity contribution in [2.24, 2.45) is 5.73 Å². The summed E-state index contributed by atoms with van der Waals surface area (Å²) in [6.07, 6.45) is 0.753. The van der Waals surface area contributed by atoms with Crippen LogP contribution in [-0.4, -0.2) is 11.2 Å². The minimum Gasteiger partial charge on any atom is -0.391 e. The second kappa shape index (κ2) is 6.84. The molecule has 0 saturated heterocycles. The van der Waals surface area contributed by atoms with Crippen molar-refractivity contribution in [2.45, 2.75) is 38.8 Å². The molecule has 1 aromatic carbocycles. The van der Waals surface area contributed by atoms with E-state index < -0.39 is 12.1 Å². The lowest BCUT2D eigenvalue weighted by Crippen LogP contribution is -2.27. The highest BCUT2D eigenvalue weighted by atomic mass is 35.5. The van der Waals surface area contributed by atoms with E-state index >= 15 is 0 Å². The summed E-state index contributed by atoms with van der Waals surface area (Å²) < 4.78 is 13.4. The SMILES string of the molecule is CCC[C@H](O)[C@H](N)c1cc(C)ccc1F.Cl. The van der Waals surface area contributed by atoms with Crippen LogP contribution in [0.15, 0.2) is 18.2 Å². The van der Waals surface area contributed by atoms with Gasteiger partial charge in [-0.25, -0.2) is 4.39 Å². The zero-order chi connectivity index (χ0) is 11.4. The summed E-state index contributed by atoms with van der Waals surface area (Å²) in [7, 11) is 0. The predicted molar refractivity (Wildman–Crippen MR) is 66.2 cm³/mol. The molecule has 1 aromatic rings. The molecule has 0 spiro atoms. The fraction of sp³-hybridized carbons (Fsp3) is 0.500. The van der Waals surface area contributed by atoms with Crippen molar-refractivity contribution >= 4 is 12.4 Å². The first-order valence-corrected chi connectivity index (χ1v) is 5.26. The van der Waals surface area contributed by atoms with Crippen molar-refractivity contribution < 1.29 is 9.50 Å². The van der Waals surface area contributed by atoms with Crippen LogP contribution in [0.25, 0.3) is 0 Å². The van der Waals surface area contributed by atoms with E-state index in [0.29, 0.717) is 12.0 Å². The van der Waals surface area contributed by atoms with Gasteiger partial charge in [0, 0.05) is 5.56 Å². The summed E-state index contributed by atoms with van der Waals surface area (Å²) in [6.45, 7) is 3.84. The zero-order valence-electron chi connectivity index (χ0n) is 9.61. The molecule has 16 heavy (non-hydrogen) atoms. The van der Waals surface area contributed by atoms with Crippen molar-refractivity contribution in [3.05, 3.63) is 35.1 Å². The first kappa shape index (κ1) is 15.4. The molecule has 0 saturated carbocycles. The van der Waals surface area contributed by atoms with Crippen LogP contribution < -0.4 is 5.73 Å². The fourth-order valence-corrected chi connectivity index (χ4v) is 1.60. The Balaban J connectivity index is 0.00000225. The molecule has 0 aliphatic heterocycles. The molecule has 0 aliphatic carbocycles. The van der Waals surface area contributed by atoms with Crippen LogP contribution in [0.5, 0.6) is 0 Å². The molecule has 0 amide bonds. The summed E-state index contributed by atoms with van der Waals surface area (Å²) >= 11 is 0. The zero-order valence-corrected chi connectivity index (χ0v) is 10.4. The summed E-state index contributed by atoms with van der Waals surface area (Å²) in [5.41, 5.74) is 7.15. The Morgan fingerprint density at radius 3 is 2.62 bits per heavy atom. The number of nitrogens with two attached hydrogens (primary N) is 1. The van der Waals surface area contributed by atoms with Gasteiger partial charge in [0.05, 0.1) is 12.1 Å². The molecule has 1 rings (SSSR count). The second-order valence-corrected chi connectivity index (χ2v) is 3.91. The van der Waals surface area contributed by atoms with E-state index in [4.69, 9.17) is 5.73 Å². The number of aliphatic hydroxyl groups excluding tert-OH is 1. The molecule has 0 aromatic heterocycles. The largest absolute Gasteiger partial charge is 0.391 e. The van der Waals surface area contributed by atoms with Gasteiger partial charge in [0.15, 0.2) is 0 Å². The van der Waals surface area contributed by atoms with E-state index in [2.05, 4.69) is 0 Å². The van der Waals surface area contributed by atoms with Crippen molar-refractivity contribution in [3.63, 3.8) is 0 Å². The van der Waals surface area contributed by atoms with Gasteiger partial charge in [-0.15, -0.1) is 12.4 Å². The Kier molecular flexibility index (Phi) is 6.56. The first-order chi connectivity index (χ1) is 7.06. The van der Waals surface area contributed by atoms with E-state index in [1.165, 1.54) is 6.07 Å². The fourth-order valence-electron chi connectivity index (χ4n) is 1.60. The van der Waals surface area contributed by atoms with Crippen LogP contribution in [0.4, 0.5) is 4.39 Å². The van der Waals surface area contributed by atoms with Crippen LogP contribution in [-0.2, 0) is 0 Å². The van der Waals surface area contributed by atoms with Gasteiger partial charge in [0.25, 0.3) is 0 Å². The highest BCUT2D eigenvalue weighted by Crippen LogP contribution is 2.21. The van der Waals surface area contributed by atoms with Crippen LogP contribution in [0.1, 0.15) is 36.9 Å². The maximum Gasteiger partial charge on any atom is 0.128 e. The third-order valence-corrected chi connectivity index (χ3v) is 2.51. The molecule has 0 aliphatic rings. The Bertz CT molecular complexity index is 333. The maximum absolute atomic E-state index is 13.4. The second-order valence-electron chi connectivity index (χ2n) is 3.91. The third kappa shape index (κ3) is 3.74. The third-order valence-electron chi connectivity index (χ3n) is 2.51. The molecule has 0 radical (unpaired) electrons. The van der Waals surface area contributed by atoms with Gasteiger partial charge in [-0.2, -0.15) is 0 Å². The Morgan fingerprint density at radius 2 is 2.06 bits per heavy atom. The van der Waals surface area contributed by atoms with Gasteiger partial charge >= 0.3 is 0 Å². The van der Waals surface area contributed by atoms with Crippen LogP contribution >= 0.6 is 12.4 Å². The lowest BCUT2D eigenvalue weighted by Gasteiger charge is -2.19. The van der Waals surface area contributed by atoms with E-state index in [1.54, 1.807) is 12.1 Å². The highest BCUT2D eigenvalue weighted by molar-refractivity contribution is 5.85. The Labute approximate surface area is 102 Å². The van der Waals surface area contributed by atoms with E-state index in [9.17, 15) is 9.50 Å². The quantitative estimate of drug-likeness (QED) is 0.860. The smallest absolute Gasteiger partial charge is 0.128 e. The molecule has 92 valence electrons. The van der Waals surface area contributed by atoms with Gasteiger partial charge in [-0.05, 0) is 19.4 Å². The lowest BCUT2D eigenvalue weighted by atomic mass is 9.97. The number of benzene rings is 1. The molecule has 0 heterocycles. The van der Waals surface area contributed by atoms with Crippen molar-refractivity contribution in [2.75, 3.05) is 0 Å². The van der Waals surface area contributed by atoms with Gasteiger partial charge in [-0.3, -0.25) is 0 Å². The summed E-state index contributed by atoms with van der Waals surface area (Å²) in [5, 5.41) is 9.69.